The normalized spacial score (nSPS) is 23.1. The lowest BCUT2D eigenvalue weighted by atomic mass is 9.86. The third kappa shape index (κ3) is 4.27. The maximum atomic E-state index is 12.2. The molecule has 0 bridgehead atoms. The summed E-state index contributed by atoms with van der Waals surface area (Å²) in [6.07, 6.45) is 7.21. The first kappa shape index (κ1) is 15.9. The Hall–Kier alpha value is -1.43. The minimum absolute atomic E-state index is 0.241. The SMILES string of the molecule is CSc1ccc(C(=O)NC2CCCCCCC2C(=O)O)o1. The molecule has 1 aromatic rings. The molecule has 0 spiro atoms. The highest BCUT2D eigenvalue weighted by molar-refractivity contribution is 7.98. The van der Waals surface area contributed by atoms with Gasteiger partial charge in [-0.15, -0.1) is 0 Å². The predicted octanol–water partition coefficient (Wildman–Crippen LogP) is 3.15. The number of furan rings is 1. The third-order valence-electron chi connectivity index (χ3n) is 3.91. The van der Waals surface area contributed by atoms with E-state index in [2.05, 4.69) is 5.32 Å². The summed E-state index contributed by atoms with van der Waals surface area (Å²) in [4.78, 5) is 23.6. The summed E-state index contributed by atoms with van der Waals surface area (Å²) in [6.45, 7) is 0. The van der Waals surface area contributed by atoms with Crippen LogP contribution in [-0.4, -0.2) is 29.3 Å². The molecule has 1 aliphatic rings. The molecule has 2 rings (SSSR count). The number of hydrogen-bond donors (Lipinski definition) is 2. The molecular weight excluding hydrogens is 290 g/mol. The number of aliphatic carboxylic acids is 1. The molecule has 1 heterocycles. The third-order valence-corrected chi connectivity index (χ3v) is 4.53. The van der Waals surface area contributed by atoms with E-state index in [0.717, 1.165) is 25.7 Å². The van der Waals surface area contributed by atoms with Gasteiger partial charge in [0.15, 0.2) is 10.9 Å². The lowest BCUT2D eigenvalue weighted by Gasteiger charge is -2.26. The van der Waals surface area contributed by atoms with Crippen molar-refractivity contribution in [1.29, 1.82) is 0 Å². The maximum Gasteiger partial charge on any atom is 0.308 e. The summed E-state index contributed by atoms with van der Waals surface area (Å²) in [5.74, 6) is -1.42. The largest absolute Gasteiger partial charge is 0.481 e. The van der Waals surface area contributed by atoms with E-state index >= 15 is 0 Å². The molecule has 6 heteroatoms. The van der Waals surface area contributed by atoms with Crippen molar-refractivity contribution in [3.8, 4) is 0 Å². The smallest absolute Gasteiger partial charge is 0.308 e. The zero-order valence-corrected chi connectivity index (χ0v) is 12.9. The van der Waals surface area contributed by atoms with Gasteiger partial charge in [0.2, 0.25) is 0 Å². The molecule has 0 radical (unpaired) electrons. The first-order valence-electron chi connectivity index (χ1n) is 7.29. The molecule has 0 aliphatic heterocycles. The van der Waals surface area contributed by atoms with Crippen molar-refractivity contribution >= 4 is 23.6 Å². The van der Waals surface area contributed by atoms with Gasteiger partial charge in [-0.05, 0) is 31.2 Å². The van der Waals surface area contributed by atoms with Gasteiger partial charge in [0.25, 0.3) is 5.91 Å². The number of thioether (sulfide) groups is 1. The van der Waals surface area contributed by atoms with Crippen LogP contribution in [0.15, 0.2) is 21.6 Å². The van der Waals surface area contributed by atoms with Gasteiger partial charge in [-0.25, -0.2) is 0 Å². The van der Waals surface area contributed by atoms with E-state index in [4.69, 9.17) is 4.42 Å². The lowest BCUT2D eigenvalue weighted by Crippen LogP contribution is -2.43. The number of carbonyl (C=O) groups is 2. The number of rotatable bonds is 4. The first-order valence-corrected chi connectivity index (χ1v) is 8.52. The minimum atomic E-state index is -0.827. The van der Waals surface area contributed by atoms with Gasteiger partial charge in [-0.2, -0.15) is 0 Å². The summed E-state index contributed by atoms with van der Waals surface area (Å²) < 4.78 is 5.39. The second-order valence-corrected chi connectivity index (χ2v) is 6.15. The Kier molecular flexibility index (Phi) is 5.73. The molecule has 21 heavy (non-hydrogen) atoms. The molecule has 1 saturated carbocycles. The van der Waals surface area contributed by atoms with Crippen LogP contribution in [0.25, 0.3) is 0 Å². The van der Waals surface area contributed by atoms with Crippen LogP contribution in [-0.2, 0) is 4.79 Å². The number of carboxylic acids is 1. The highest BCUT2D eigenvalue weighted by atomic mass is 32.2. The number of amides is 1. The fourth-order valence-electron chi connectivity index (χ4n) is 2.74. The highest BCUT2D eigenvalue weighted by Crippen LogP contribution is 2.24. The zero-order valence-electron chi connectivity index (χ0n) is 12.1. The van der Waals surface area contributed by atoms with Gasteiger partial charge in [0.1, 0.15) is 0 Å². The molecule has 116 valence electrons. The van der Waals surface area contributed by atoms with E-state index in [-0.39, 0.29) is 17.7 Å². The van der Waals surface area contributed by atoms with Gasteiger partial charge < -0.3 is 14.8 Å². The van der Waals surface area contributed by atoms with E-state index in [1.807, 2.05) is 6.26 Å². The van der Waals surface area contributed by atoms with Crippen molar-refractivity contribution in [2.75, 3.05) is 6.26 Å². The molecule has 0 aromatic carbocycles. The van der Waals surface area contributed by atoms with E-state index in [0.29, 0.717) is 17.9 Å². The van der Waals surface area contributed by atoms with Crippen molar-refractivity contribution in [2.45, 2.75) is 49.7 Å². The topological polar surface area (TPSA) is 79.5 Å². The Morgan fingerprint density at radius 2 is 1.95 bits per heavy atom. The fraction of sp³-hybridized carbons (Fsp3) is 0.600. The van der Waals surface area contributed by atoms with E-state index in [1.165, 1.54) is 11.8 Å². The van der Waals surface area contributed by atoms with Crippen LogP contribution in [0.2, 0.25) is 0 Å². The van der Waals surface area contributed by atoms with E-state index < -0.39 is 11.9 Å². The second kappa shape index (κ2) is 7.54. The van der Waals surface area contributed by atoms with Crippen LogP contribution in [0.4, 0.5) is 0 Å². The quantitative estimate of drug-likeness (QED) is 0.835. The molecule has 1 amide bonds. The van der Waals surface area contributed by atoms with Gasteiger partial charge in [-0.1, -0.05) is 37.4 Å². The number of carbonyl (C=O) groups excluding carboxylic acids is 1. The van der Waals surface area contributed by atoms with Crippen molar-refractivity contribution in [2.24, 2.45) is 5.92 Å². The number of carboxylic acid groups (broad SMARTS) is 1. The molecule has 1 fully saturated rings. The summed E-state index contributed by atoms with van der Waals surface area (Å²) in [5.41, 5.74) is 0. The summed E-state index contributed by atoms with van der Waals surface area (Å²) >= 11 is 1.42. The van der Waals surface area contributed by atoms with Gasteiger partial charge in [-0.3, -0.25) is 9.59 Å². The lowest BCUT2D eigenvalue weighted by molar-refractivity contribution is -0.143. The van der Waals surface area contributed by atoms with Crippen LogP contribution >= 0.6 is 11.8 Å². The molecule has 5 nitrogen and oxygen atoms in total. The predicted molar refractivity (Wildman–Crippen MR) is 80.6 cm³/mol. The van der Waals surface area contributed by atoms with Gasteiger partial charge in [0, 0.05) is 6.04 Å². The molecule has 0 saturated heterocycles. The molecule has 2 unspecified atom stereocenters. The number of nitrogens with one attached hydrogen (secondary N) is 1. The van der Waals surface area contributed by atoms with Crippen LogP contribution in [0.3, 0.4) is 0 Å². The van der Waals surface area contributed by atoms with E-state index in [1.54, 1.807) is 12.1 Å². The molecule has 1 aliphatic carbocycles. The van der Waals surface area contributed by atoms with Crippen LogP contribution in [0.5, 0.6) is 0 Å². The van der Waals surface area contributed by atoms with Crippen molar-refractivity contribution in [1.82, 2.24) is 5.32 Å². The Labute approximate surface area is 128 Å². The summed E-state index contributed by atoms with van der Waals surface area (Å²) in [5, 5.41) is 12.9. The average Bonchev–Trinajstić information content (AvgIpc) is 2.90. The molecule has 1 aromatic heterocycles. The maximum absolute atomic E-state index is 12.2. The average molecular weight is 311 g/mol. The standard InChI is InChI=1S/C15H21NO4S/c1-21-13-9-8-12(20-13)14(17)16-11-7-5-3-2-4-6-10(11)15(18)19/h8-11H,2-7H2,1H3,(H,16,17)(H,18,19). The van der Waals surface area contributed by atoms with Crippen LogP contribution < -0.4 is 5.32 Å². The Morgan fingerprint density at radius 1 is 1.24 bits per heavy atom. The molecule has 2 atom stereocenters. The first-order chi connectivity index (χ1) is 10.1. The fourth-order valence-corrected chi connectivity index (χ4v) is 3.12. The summed E-state index contributed by atoms with van der Waals surface area (Å²) in [7, 11) is 0. The van der Waals surface area contributed by atoms with Crippen LogP contribution in [0.1, 0.15) is 49.1 Å². The Morgan fingerprint density at radius 3 is 2.57 bits per heavy atom. The van der Waals surface area contributed by atoms with Crippen molar-refractivity contribution in [3.05, 3.63) is 17.9 Å². The van der Waals surface area contributed by atoms with Gasteiger partial charge >= 0.3 is 5.97 Å². The van der Waals surface area contributed by atoms with Gasteiger partial charge in [0.05, 0.1) is 5.92 Å². The van der Waals surface area contributed by atoms with Crippen molar-refractivity contribution in [3.63, 3.8) is 0 Å². The zero-order chi connectivity index (χ0) is 15.2. The van der Waals surface area contributed by atoms with E-state index in [9.17, 15) is 14.7 Å². The highest BCUT2D eigenvalue weighted by Gasteiger charge is 2.30. The Bertz CT molecular complexity index is 500. The molecular formula is C15H21NO4S. The van der Waals surface area contributed by atoms with Crippen LogP contribution in [0, 0.1) is 5.92 Å². The monoisotopic (exact) mass is 311 g/mol. The minimum Gasteiger partial charge on any atom is -0.481 e. The summed E-state index contributed by atoms with van der Waals surface area (Å²) in [6, 6.07) is 3.05. The number of hydrogen-bond acceptors (Lipinski definition) is 4. The second-order valence-electron chi connectivity index (χ2n) is 5.34. The Balaban J connectivity index is 2.05. The van der Waals surface area contributed by atoms with Crippen molar-refractivity contribution < 1.29 is 19.1 Å². The molecule has 2 N–H and O–H groups in total.